The lowest BCUT2D eigenvalue weighted by molar-refractivity contribution is -0.118. The highest BCUT2D eigenvalue weighted by atomic mass is 32.2. The number of nitrogens with zero attached hydrogens (tertiary/aromatic N) is 4. The molecule has 0 aliphatic heterocycles. The van der Waals surface area contributed by atoms with Crippen LogP contribution in [0.15, 0.2) is 46.7 Å². The minimum atomic E-state index is -0.266. The fourth-order valence-corrected chi connectivity index (χ4v) is 3.88. The van der Waals surface area contributed by atoms with Crippen molar-refractivity contribution in [2.45, 2.75) is 25.5 Å². The maximum Gasteiger partial charge on any atom is 0.250 e. The summed E-state index contributed by atoms with van der Waals surface area (Å²) in [6, 6.07) is 11.5. The van der Waals surface area contributed by atoms with Crippen molar-refractivity contribution >= 4 is 23.9 Å². The third-order valence-corrected chi connectivity index (χ3v) is 5.77. The lowest BCUT2D eigenvalue weighted by Gasteiger charge is -2.11. The first-order valence-electron chi connectivity index (χ1n) is 10.3. The van der Waals surface area contributed by atoms with Crippen molar-refractivity contribution in [1.29, 1.82) is 0 Å². The molecule has 10 heteroatoms. The van der Waals surface area contributed by atoms with Gasteiger partial charge in [0.25, 0.3) is 5.91 Å². The fraction of sp³-hybridized carbons (Fsp3) is 0.304. The highest BCUT2D eigenvalue weighted by Crippen LogP contribution is 2.33. The van der Waals surface area contributed by atoms with E-state index in [1.54, 1.807) is 33.5 Å². The lowest BCUT2D eigenvalue weighted by atomic mass is 10.1. The molecule has 0 aliphatic carbocycles. The van der Waals surface area contributed by atoms with Gasteiger partial charge in [-0.2, -0.15) is 5.10 Å². The average Bonchev–Trinajstić information content (AvgIpc) is 3.25. The molecule has 1 amide bonds. The van der Waals surface area contributed by atoms with Crippen LogP contribution in [0.1, 0.15) is 18.1 Å². The topological polar surface area (TPSA) is 99.9 Å². The van der Waals surface area contributed by atoms with Crippen molar-refractivity contribution in [2.24, 2.45) is 5.10 Å². The van der Waals surface area contributed by atoms with Crippen molar-refractivity contribution < 1.29 is 19.0 Å². The van der Waals surface area contributed by atoms with Gasteiger partial charge in [-0.3, -0.25) is 4.79 Å². The van der Waals surface area contributed by atoms with E-state index in [9.17, 15) is 4.79 Å². The van der Waals surface area contributed by atoms with Crippen LogP contribution >= 0.6 is 11.8 Å². The number of aryl methyl sites for hydroxylation is 1. The number of thioether (sulfide) groups is 1. The van der Waals surface area contributed by atoms with Crippen LogP contribution in [0.5, 0.6) is 17.2 Å². The first-order chi connectivity index (χ1) is 16.0. The van der Waals surface area contributed by atoms with Crippen molar-refractivity contribution in [2.75, 3.05) is 27.1 Å². The summed E-state index contributed by atoms with van der Waals surface area (Å²) in [7, 11) is 4.64. The summed E-state index contributed by atoms with van der Waals surface area (Å²) in [5.41, 5.74) is 5.33. The van der Waals surface area contributed by atoms with Crippen LogP contribution in [0.25, 0.3) is 11.4 Å². The molecule has 1 N–H and O–H groups in total. The molecule has 174 valence electrons. The molecule has 0 fully saturated rings. The molecular weight excluding hydrogens is 442 g/mol. The molecule has 2 aromatic carbocycles. The molecule has 1 aromatic heterocycles. The quantitative estimate of drug-likeness (QED) is 0.275. The monoisotopic (exact) mass is 469 g/mol. The first kappa shape index (κ1) is 24.1. The summed E-state index contributed by atoms with van der Waals surface area (Å²) >= 11 is 1.31. The van der Waals surface area contributed by atoms with Gasteiger partial charge in [-0.25, -0.2) is 5.43 Å². The highest BCUT2D eigenvalue weighted by Gasteiger charge is 2.15. The number of rotatable bonds is 10. The molecule has 0 bridgehead atoms. The number of hydrazone groups is 1. The largest absolute Gasteiger partial charge is 0.496 e. The number of nitrogens with one attached hydrogen (secondary N) is 1. The van der Waals surface area contributed by atoms with E-state index in [1.807, 2.05) is 42.7 Å². The SMILES string of the molecule is CCn1c(SCC(=O)N/N=C/c2cc(OC)c(OC)cc2OC)nnc1-c1ccc(C)cc1. The number of carbonyl (C=O) groups excluding carboxylic acids is 1. The Morgan fingerprint density at radius 3 is 2.36 bits per heavy atom. The van der Waals surface area contributed by atoms with Crippen LogP contribution in [0, 0.1) is 6.92 Å². The highest BCUT2D eigenvalue weighted by molar-refractivity contribution is 7.99. The predicted octanol–water partition coefficient (Wildman–Crippen LogP) is 3.54. The molecule has 3 rings (SSSR count). The number of hydrogen-bond acceptors (Lipinski definition) is 8. The number of amides is 1. The summed E-state index contributed by atoms with van der Waals surface area (Å²) in [4.78, 5) is 12.3. The zero-order chi connectivity index (χ0) is 23.8. The van der Waals surface area contributed by atoms with Crippen molar-refractivity contribution in [3.05, 3.63) is 47.5 Å². The normalized spacial score (nSPS) is 10.9. The van der Waals surface area contributed by atoms with Crippen LogP contribution < -0.4 is 19.6 Å². The smallest absolute Gasteiger partial charge is 0.250 e. The van der Waals surface area contributed by atoms with E-state index in [4.69, 9.17) is 14.2 Å². The molecule has 1 heterocycles. The van der Waals surface area contributed by atoms with Gasteiger partial charge in [-0.05, 0) is 19.9 Å². The molecule has 0 saturated carbocycles. The van der Waals surface area contributed by atoms with E-state index in [0.717, 1.165) is 11.4 Å². The van der Waals surface area contributed by atoms with E-state index in [1.165, 1.54) is 23.5 Å². The van der Waals surface area contributed by atoms with Gasteiger partial charge in [-0.15, -0.1) is 10.2 Å². The summed E-state index contributed by atoms with van der Waals surface area (Å²) in [5.74, 6) is 2.27. The van der Waals surface area contributed by atoms with Crippen LogP contribution in [0.2, 0.25) is 0 Å². The van der Waals surface area contributed by atoms with E-state index in [2.05, 4.69) is 20.7 Å². The zero-order valence-corrected chi connectivity index (χ0v) is 20.1. The number of hydrogen-bond donors (Lipinski definition) is 1. The second-order valence-electron chi connectivity index (χ2n) is 6.95. The maximum atomic E-state index is 12.3. The maximum absolute atomic E-state index is 12.3. The number of aromatic nitrogens is 3. The van der Waals surface area contributed by atoms with Crippen molar-refractivity contribution in [1.82, 2.24) is 20.2 Å². The van der Waals surface area contributed by atoms with Gasteiger partial charge in [0.1, 0.15) is 5.75 Å². The molecule has 0 unspecified atom stereocenters. The minimum absolute atomic E-state index is 0.145. The van der Waals surface area contributed by atoms with Gasteiger partial charge in [0.2, 0.25) is 0 Å². The predicted molar refractivity (Wildman–Crippen MR) is 128 cm³/mol. The molecular formula is C23H27N5O4S. The molecule has 3 aromatic rings. The van der Waals surface area contributed by atoms with Crippen LogP contribution in [0.3, 0.4) is 0 Å². The lowest BCUT2D eigenvalue weighted by Crippen LogP contribution is -2.20. The molecule has 0 saturated heterocycles. The third-order valence-electron chi connectivity index (χ3n) is 4.80. The van der Waals surface area contributed by atoms with Gasteiger partial charge in [0.05, 0.1) is 33.3 Å². The number of methoxy groups -OCH3 is 3. The zero-order valence-electron chi connectivity index (χ0n) is 19.3. The molecule has 33 heavy (non-hydrogen) atoms. The Kier molecular flexibility index (Phi) is 8.31. The minimum Gasteiger partial charge on any atom is -0.496 e. The van der Waals surface area contributed by atoms with Crippen molar-refractivity contribution in [3.63, 3.8) is 0 Å². The van der Waals surface area contributed by atoms with Gasteiger partial charge >= 0.3 is 0 Å². The Bertz CT molecular complexity index is 1130. The fourth-order valence-electron chi connectivity index (χ4n) is 3.09. The Morgan fingerprint density at radius 1 is 1.06 bits per heavy atom. The van der Waals surface area contributed by atoms with Crippen LogP contribution in [-0.4, -0.2) is 54.0 Å². The van der Waals surface area contributed by atoms with Gasteiger partial charge < -0.3 is 18.8 Å². The number of benzene rings is 2. The molecule has 0 atom stereocenters. The van der Waals surface area contributed by atoms with E-state index in [0.29, 0.717) is 34.5 Å². The summed E-state index contributed by atoms with van der Waals surface area (Å²) in [6.45, 7) is 4.75. The number of carbonyl (C=O) groups is 1. The Labute approximate surface area is 197 Å². The van der Waals surface area contributed by atoms with Crippen LogP contribution in [0.4, 0.5) is 0 Å². The second kappa shape index (κ2) is 11.4. The number of ether oxygens (including phenoxy) is 3. The standard InChI is InChI=1S/C23H27N5O4S/c1-6-28-22(16-9-7-15(2)8-10-16)26-27-23(28)33-14-21(29)25-24-13-17-11-19(31-4)20(32-5)12-18(17)30-3/h7-13H,6,14H2,1-5H3,(H,25,29)/b24-13+. The summed E-state index contributed by atoms with van der Waals surface area (Å²) < 4.78 is 17.9. The summed E-state index contributed by atoms with van der Waals surface area (Å²) in [5, 5.41) is 13.3. The van der Waals surface area contributed by atoms with E-state index < -0.39 is 0 Å². The van der Waals surface area contributed by atoms with Gasteiger partial charge in [0, 0.05) is 23.7 Å². The Balaban J connectivity index is 1.63. The van der Waals surface area contributed by atoms with Crippen LogP contribution in [-0.2, 0) is 11.3 Å². The Hall–Kier alpha value is -3.53. The molecule has 0 aliphatic rings. The summed E-state index contributed by atoms with van der Waals surface area (Å²) in [6.07, 6.45) is 1.49. The molecule has 0 spiro atoms. The van der Waals surface area contributed by atoms with Gasteiger partial charge in [-0.1, -0.05) is 41.6 Å². The second-order valence-corrected chi connectivity index (χ2v) is 7.89. The van der Waals surface area contributed by atoms with E-state index >= 15 is 0 Å². The molecule has 0 radical (unpaired) electrons. The van der Waals surface area contributed by atoms with Crippen molar-refractivity contribution in [3.8, 4) is 28.6 Å². The van der Waals surface area contributed by atoms with E-state index in [-0.39, 0.29) is 11.7 Å². The molecule has 9 nitrogen and oxygen atoms in total. The Morgan fingerprint density at radius 2 is 1.73 bits per heavy atom. The van der Waals surface area contributed by atoms with Gasteiger partial charge in [0.15, 0.2) is 22.5 Å². The third kappa shape index (κ3) is 5.83. The first-order valence-corrected chi connectivity index (χ1v) is 11.2. The average molecular weight is 470 g/mol.